The zero-order chi connectivity index (χ0) is 18.8. The fraction of sp³-hybridized carbons (Fsp3) is 0.150. The van der Waals surface area contributed by atoms with Gasteiger partial charge in [0.2, 0.25) is 5.96 Å². The predicted octanol–water partition coefficient (Wildman–Crippen LogP) is 2.50. The van der Waals surface area contributed by atoms with Crippen molar-refractivity contribution in [3.63, 3.8) is 0 Å². The van der Waals surface area contributed by atoms with Crippen LogP contribution in [0.5, 0.6) is 5.75 Å². The maximum absolute atomic E-state index is 12.3. The molecule has 0 saturated heterocycles. The van der Waals surface area contributed by atoms with Crippen molar-refractivity contribution in [3.8, 4) is 5.75 Å². The lowest BCUT2D eigenvalue weighted by atomic mass is 10.0. The van der Waals surface area contributed by atoms with Crippen LogP contribution in [-0.4, -0.2) is 36.3 Å². The highest BCUT2D eigenvalue weighted by Crippen LogP contribution is 2.37. The molecular formula is C20H20ClN5O2. The Hall–Kier alpha value is -3.32. The summed E-state index contributed by atoms with van der Waals surface area (Å²) in [5.41, 5.74) is 7.28. The average molecular weight is 398 g/mol. The van der Waals surface area contributed by atoms with Gasteiger partial charge in [-0.1, -0.05) is 18.2 Å². The molecule has 0 saturated carbocycles. The molecule has 0 atom stereocenters. The molecule has 2 heterocycles. The molecule has 4 rings (SSSR count). The Kier molecular flexibility index (Phi) is 5.65. The van der Waals surface area contributed by atoms with Gasteiger partial charge in [-0.05, 0) is 47.9 Å². The maximum Gasteiger partial charge on any atom is 0.256 e. The summed E-state index contributed by atoms with van der Waals surface area (Å²) < 4.78 is 0. The van der Waals surface area contributed by atoms with E-state index in [1.165, 1.54) is 0 Å². The number of amides is 1. The molecule has 0 spiro atoms. The number of aromatic hydroxyl groups is 1. The van der Waals surface area contributed by atoms with Gasteiger partial charge in [0.1, 0.15) is 5.75 Å². The SMILES string of the molecule is Cc1cc2c(cc1O)/C(=C\c1cccc(/C=N/NC3=NCCN3)c1)C(=O)N2.Cl. The lowest BCUT2D eigenvalue weighted by Crippen LogP contribution is -2.30. The van der Waals surface area contributed by atoms with Crippen LogP contribution in [0.2, 0.25) is 0 Å². The number of halogens is 1. The van der Waals surface area contributed by atoms with Crippen LogP contribution in [0.1, 0.15) is 22.3 Å². The van der Waals surface area contributed by atoms with E-state index in [2.05, 4.69) is 26.2 Å². The number of phenols is 1. The number of aryl methyl sites for hydroxylation is 1. The highest BCUT2D eigenvalue weighted by atomic mass is 35.5. The molecule has 0 fully saturated rings. The minimum absolute atomic E-state index is 0. The summed E-state index contributed by atoms with van der Waals surface area (Å²) >= 11 is 0. The van der Waals surface area contributed by atoms with Crippen LogP contribution in [-0.2, 0) is 4.79 Å². The van der Waals surface area contributed by atoms with Crippen molar-refractivity contribution >= 4 is 47.8 Å². The largest absolute Gasteiger partial charge is 0.508 e. The van der Waals surface area contributed by atoms with Gasteiger partial charge in [-0.2, -0.15) is 5.10 Å². The number of benzene rings is 2. The van der Waals surface area contributed by atoms with E-state index >= 15 is 0 Å². The lowest BCUT2D eigenvalue weighted by molar-refractivity contribution is -0.110. The number of rotatable bonds is 3. The molecule has 4 N–H and O–H groups in total. The summed E-state index contributed by atoms with van der Waals surface area (Å²) in [7, 11) is 0. The summed E-state index contributed by atoms with van der Waals surface area (Å²) in [5, 5.41) is 20.1. The first kappa shape index (κ1) is 19.4. The molecule has 0 aromatic heterocycles. The van der Waals surface area contributed by atoms with E-state index in [-0.39, 0.29) is 24.1 Å². The minimum atomic E-state index is -0.180. The number of fused-ring (bicyclic) bond motifs is 1. The second-order valence-corrected chi connectivity index (χ2v) is 6.39. The number of nitrogens with one attached hydrogen (secondary N) is 3. The molecule has 2 aliphatic rings. The Balaban J connectivity index is 0.00000225. The van der Waals surface area contributed by atoms with Gasteiger partial charge < -0.3 is 15.7 Å². The van der Waals surface area contributed by atoms with Gasteiger partial charge >= 0.3 is 0 Å². The van der Waals surface area contributed by atoms with E-state index < -0.39 is 0 Å². The van der Waals surface area contributed by atoms with Crippen molar-refractivity contribution in [1.82, 2.24) is 10.7 Å². The molecule has 1 amide bonds. The van der Waals surface area contributed by atoms with Gasteiger partial charge in [-0.25, -0.2) is 10.4 Å². The number of carbonyl (C=O) groups is 1. The number of anilines is 1. The first-order valence-electron chi connectivity index (χ1n) is 8.65. The van der Waals surface area contributed by atoms with Crippen LogP contribution in [0.15, 0.2) is 46.5 Å². The van der Waals surface area contributed by atoms with E-state index in [1.54, 1.807) is 25.3 Å². The fourth-order valence-electron chi connectivity index (χ4n) is 3.01. The Morgan fingerprint density at radius 3 is 2.86 bits per heavy atom. The molecule has 0 bridgehead atoms. The molecule has 28 heavy (non-hydrogen) atoms. The van der Waals surface area contributed by atoms with E-state index in [0.717, 1.165) is 29.8 Å². The van der Waals surface area contributed by atoms with Gasteiger partial charge in [-0.3, -0.25) is 4.79 Å². The van der Waals surface area contributed by atoms with Crippen LogP contribution in [0, 0.1) is 6.92 Å². The van der Waals surface area contributed by atoms with Crippen LogP contribution < -0.4 is 16.1 Å². The summed E-state index contributed by atoms with van der Waals surface area (Å²) in [4.78, 5) is 16.5. The highest BCUT2D eigenvalue weighted by Gasteiger charge is 2.25. The van der Waals surface area contributed by atoms with Crippen molar-refractivity contribution in [1.29, 1.82) is 0 Å². The molecule has 0 aliphatic carbocycles. The number of phenolic OH excluding ortho intramolecular Hbond substituents is 1. The number of hydrogen-bond acceptors (Lipinski definition) is 6. The Labute approximate surface area is 168 Å². The lowest BCUT2D eigenvalue weighted by Gasteiger charge is -2.04. The van der Waals surface area contributed by atoms with Gasteiger partial charge in [0, 0.05) is 23.4 Å². The molecule has 2 aromatic carbocycles. The Bertz CT molecular complexity index is 1010. The molecule has 144 valence electrons. The number of carbonyl (C=O) groups excluding carboxylic acids is 1. The van der Waals surface area contributed by atoms with E-state index in [1.807, 2.05) is 30.3 Å². The van der Waals surface area contributed by atoms with Crippen LogP contribution >= 0.6 is 12.4 Å². The molecule has 0 radical (unpaired) electrons. The van der Waals surface area contributed by atoms with Crippen molar-refractivity contribution in [2.45, 2.75) is 6.92 Å². The zero-order valence-corrected chi connectivity index (χ0v) is 16.0. The second-order valence-electron chi connectivity index (χ2n) is 6.39. The highest BCUT2D eigenvalue weighted by molar-refractivity contribution is 6.35. The van der Waals surface area contributed by atoms with Gasteiger partial charge in [0.15, 0.2) is 0 Å². The summed E-state index contributed by atoms with van der Waals surface area (Å²) in [6.45, 7) is 3.37. The van der Waals surface area contributed by atoms with E-state index in [4.69, 9.17) is 0 Å². The Morgan fingerprint density at radius 2 is 2.07 bits per heavy atom. The average Bonchev–Trinajstić information content (AvgIpc) is 3.25. The van der Waals surface area contributed by atoms with Gasteiger partial charge in [0.25, 0.3) is 5.91 Å². The van der Waals surface area contributed by atoms with Crippen molar-refractivity contribution < 1.29 is 9.90 Å². The summed E-state index contributed by atoms with van der Waals surface area (Å²) in [6, 6.07) is 11.1. The van der Waals surface area contributed by atoms with E-state index in [0.29, 0.717) is 22.8 Å². The standard InChI is InChI=1S/C20H19N5O2.ClH/c1-12-7-17-15(10-18(12)26)16(19(27)24-17)9-13-3-2-4-14(8-13)11-23-25-20-21-5-6-22-20;/h2-4,7-11,26H,5-6H2,1H3,(H,24,27)(H2,21,22,25);1H/b16-9+,23-11+;. The predicted molar refractivity (Wildman–Crippen MR) is 114 cm³/mol. The van der Waals surface area contributed by atoms with Crippen molar-refractivity contribution in [3.05, 3.63) is 58.7 Å². The molecule has 0 unspecified atom stereocenters. The zero-order valence-electron chi connectivity index (χ0n) is 15.2. The summed E-state index contributed by atoms with van der Waals surface area (Å²) in [6.07, 6.45) is 3.51. The maximum atomic E-state index is 12.3. The van der Waals surface area contributed by atoms with Crippen molar-refractivity contribution in [2.24, 2.45) is 10.1 Å². The first-order chi connectivity index (χ1) is 13.1. The second kappa shape index (κ2) is 8.14. The monoisotopic (exact) mass is 397 g/mol. The fourth-order valence-corrected chi connectivity index (χ4v) is 3.01. The van der Waals surface area contributed by atoms with Gasteiger partial charge in [-0.15, -0.1) is 12.4 Å². The smallest absolute Gasteiger partial charge is 0.256 e. The molecule has 2 aliphatic heterocycles. The first-order valence-corrected chi connectivity index (χ1v) is 8.65. The number of guanidine groups is 1. The molecule has 2 aromatic rings. The molecular weight excluding hydrogens is 378 g/mol. The number of hydrogen-bond donors (Lipinski definition) is 4. The van der Waals surface area contributed by atoms with Crippen LogP contribution in [0.4, 0.5) is 5.69 Å². The van der Waals surface area contributed by atoms with Crippen LogP contribution in [0.25, 0.3) is 11.6 Å². The number of nitrogens with zero attached hydrogens (tertiary/aromatic N) is 2. The van der Waals surface area contributed by atoms with E-state index in [9.17, 15) is 9.90 Å². The third-order valence-corrected chi connectivity index (χ3v) is 4.40. The van der Waals surface area contributed by atoms with Crippen LogP contribution in [0.3, 0.4) is 0 Å². The third-order valence-electron chi connectivity index (χ3n) is 4.40. The third kappa shape index (κ3) is 3.99. The van der Waals surface area contributed by atoms with Crippen molar-refractivity contribution in [2.75, 3.05) is 18.4 Å². The topological polar surface area (TPSA) is 98.1 Å². The molecule has 7 nitrogen and oxygen atoms in total. The van der Waals surface area contributed by atoms with Gasteiger partial charge in [0.05, 0.1) is 12.8 Å². The Morgan fingerprint density at radius 1 is 1.25 bits per heavy atom. The number of aliphatic imine (C=N–C) groups is 1. The minimum Gasteiger partial charge on any atom is -0.508 e. The number of hydrazone groups is 1. The normalized spacial score (nSPS) is 16.4. The summed E-state index contributed by atoms with van der Waals surface area (Å²) in [5.74, 6) is 0.659. The quantitative estimate of drug-likeness (QED) is 0.277. The molecule has 8 heteroatoms.